The van der Waals surface area contributed by atoms with E-state index in [2.05, 4.69) is 5.32 Å². The molecule has 1 atom stereocenters. The maximum Gasteiger partial charge on any atom is 0.325 e. The van der Waals surface area contributed by atoms with Gasteiger partial charge in [-0.3, -0.25) is 4.79 Å². The summed E-state index contributed by atoms with van der Waals surface area (Å²) >= 11 is 0. The number of hydrogen-bond donors (Lipinski definition) is 2. The van der Waals surface area contributed by atoms with Crippen LogP contribution >= 0.6 is 0 Å². The summed E-state index contributed by atoms with van der Waals surface area (Å²) in [5.41, 5.74) is 3.00. The molecule has 0 aromatic heterocycles. The third-order valence-corrected chi connectivity index (χ3v) is 3.39. The summed E-state index contributed by atoms with van der Waals surface area (Å²) in [5, 5.41) is 12.5. The number of nitrogens with one attached hydrogen (secondary N) is 1. The first kappa shape index (κ1) is 12.1. The van der Waals surface area contributed by atoms with Crippen molar-refractivity contribution in [3.63, 3.8) is 0 Å². The number of aryl methyl sites for hydroxylation is 2. The third kappa shape index (κ3) is 2.86. The molecule has 1 saturated carbocycles. The second kappa shape index (κ2) is 4.88. The molecule has 1 aliphatic carbocycles. The summed E-state index contributed by atoms with van der Waals surface area (Å²) in [7, 11) is 0. The molecule has 0 saturated heterocycles. The first-order valence-electron chi connectivity index (χ1n) is 6.12. The lowest BCUT2D eigenvalue weighted by Crippen LogP contribution is -2.31. The van der Waals surface area contributed by atoms with Gasteiger partial charge in [0.2, 0.25) is 0 Å². The predicted octanol–water partition coefficient (Wildman–Crippen LogP) is 2.43. The van der Waals surface area contributed by atoms with Crippen LogP contribution in [-0.2, 0) is 4.79 Å². The lowest BCUT2D eigenvalue weighted by Gasteiger charge is -2.19. The summed E-state index contributed by atoms with van der Waals surface area (Å²) < 4.78 is 0. The van der Waals surface area contributed by atoms with Crippen molar-refractivity contribution in [3.8, 4) is 0 Å². The monoisotopic (exact) mass is 233 g/mol. The number of rotatable bonds is 5. The van der Waals surface area contributed by atoms with E-state index in [0.717, 1.165) is 23.2 Å². The summed E-state index contributed by atoms with van der Waals surface area (Å²) in [4.78, 5) is 11.4. The van der Waals surface area contributed by atoms with E-state index >= 15 is 0 Å². The molecule has 3 nitrogen and oxygen atoms in total. The van der Waals surface area contributed by atoms with Crippen LogP contribution in [0.5, 0.6) is 0 Å². The zero-order valence-corrected chi connectivity index (χ0v) is 10.4. The van der Waals surface area contributed by atoms with Gasteiger partial charge in [-0.25, -0.2) is 0 Å². The summed E-state index contributed by atoms with van der Waals surface area (Å²) in [6, 6.07) is 5.33. The third-order valence-electron chi connectivity index (χ3n) is 3.39. The number of aliphatic carboxylic acids is 1. The molecule has 1 fully saturated rings. The Kier molecular flexibility index (Phi) is 3.48. The largest absolute Gasteiger partial charge is 0.480 e. The van der Waals surface area contributed by atoms with Gasteiger partial charge in [-0.2, -0.15) is 0 Å². The Morgan fingerprint density at radius 2 is 2.00 bits per heavy atom. The summed E-state index contributed by atoms with van der Waals surface area (Å²) in [6.07, 6.45) is 2.46. The fraction of sp³-hybridized carbons (Fsp3) is 0.500. The van der Waals surface area contributed by atoms with E-state index in [0.29, 0.717) is 5.92 Å². The van der Waals surface area contributed by atoms with Gasteiger partial charge in [0, 0.05) is 0 Å². The van der Waals surface area contributed by atoms with Crippen LogP contribution < -0.4 is 5.32 Å². The fourth-order valence-corrected chi connectivity index (χ4v) is 2.20. The molecule has 0 heterocycles. The molecule has 0 amide bonds. The summed E-state index contributed by atoms with van der Waals surface area (Å²) in [6.45, 7) is 4.75. The Bertz CT molecular complexity index is 404. The van der Waals surface area contributed by atoms with Crippen molar-refractivity contribution in [2.75, 3.05) is 6.54 Å². The number of carboxylic acids is 1. The van der Waals surface area contributed by atoms with Gasteiger partial charge in [0.15, 0.2) is 0 Å². The van der Waals surface area contributed by atoms with E-state index in [4.69, 9.17) is 0 Å². The van der Waals surface area contributed by atoms with E-state index in [1.807, 2.05) is 32.0 Å². The van der Waals surface area contributed by atoms with Crippen molar-refractivity contribution < 1.29 is 9.90 Å². The van der Waals surface area contributed by atoms with Crippen LogP contribution in [0.1, 0.15) is 35.6 Å². The standard InChI is InChI=1S/C14H19NO2/c1-9-4-3-5-10(2)12(9)13(14(16)17)15-8-11-6-7-11/h3-5,11,13,15H,6-8H2,1-2H3,(H,16,17). The minimum Gasteiger partial charge on any atom is -0.480 e. The zero-order valence-electron chi connectivity index (χ0n) is 10.4. The van der Waals surface area contributed by atoms with Crippen molar-refractivity contribution >= 4 is 5.97 Å². The van der Waals surface area contributed by atoms with Gasteiger partial charge in [-0.05, 0) is 55.8 Å². The lowest BCUT2D eigenvalue weighted by atomic mass is 9.96. The Morgan fingerprint density at radius 1 is 1.41 bits per heavy atom. The fourth-order valence-electron chi connectivity index (χ4n) is 2.20. The van der Waals surface area contributed by atoms with Crippen LogP contribution in [0.15, 0.2) is 18.2 Å². The molecule has 0 spiro atoms. The number of carboxylic acid groups (broad SMARTS) is 1. The number of carbonyl (C=O) groups is 1. The van der Waals surface area contributed by atoms with Crippen molar-refractivity contribution in [2.24, 2.45) is 5.92 Å². The van der Waals surface area contributed by atoms with Crippen LogP contribution in [0.4, 0.5) is 0 Å². The molecular weight excluding hydrogens is 214 g/mol. The lowest BCUT2D eigenvalue weighted by molar-refractivity contribution is -0.139. The normalized spacial score (nSPS) is 16.8. The van der Waals surface area contributed by atoms with Crippen LogP contribution in [0.3, 0.4) is 0 Å². The van der Waals surface area contributed by atoms with E-state index in [9.17, 15) is 9.90 Å². The highest BCUT2D eigenvalue weighted by Crippen LogP contribution is 2.29. The highest BCUT2D eigenvalue weighted by molar-refractivity contribution is 5.76. The molecule has 1 aliphatic rings. The molecule has 17 heavy (non-hydrogen) atoms. The van der Waals surface area contributed by atoms with Crippen molar-refractivity contribution in [1.29, 1.82) is 0 Å². The Morgan fingerprint density at radius 3 is 2.47 bits per heavy atom. The topological polar surface area (TPSA) is 49.3 Å². The van der Waals surface area contributed by atoms with Gasteiger partial charge in [-0.15, -0.1) is 0 Å². The van der Waals surface area contributed by atoms with Gasteiger partial charge in [0.1, 0.15) is 6.04 Å². The second-order valence-corrected chi connectivity index (χ2v) is 4.93. The molecule has 92 valence electrons. The second-order valence-electron chi connectivity index (χ2n) is 4.93. The molecule has 1 unspecified atom stereocenters. The van der Waals surface area contributed by atoms with Crippen LogP contribution in [-0.4, -0.2) is 17.6 Å². The molecular formula is C14H19NO2. The van der Waals surface area contributed by atoms with E-state index in [1.165, 1.54) is 12.8 Å². The average molecular weight is 233 g/mol. The maximum atomic E-state index is 11.4. The molecule has 0 radical (unpaired) electrons. The average Bonchev–Trinajstić information content (AvgIpc) is 3.05. The molecule has 0 aliphatic heterocycles. The molecule has 1 aromatic carbocycles. The molecule has 3 heteroatoms. The van der Waals surface area contributed by atoms with Gasteiger partial charge >= 0.3 is 5.97 Å². The van der Waals surface area contributed by atoms with Gasteiger partial charge < -0.3 is 10.4 Å². The van der Waals surface area contributed by atoms with Crippen LogP contribution in [0.2, 0.25) is 0 Å². The Labute approximate surface area is 102 Å². The molecule has 2 N–H and O–H groups in total. The van der Waals surface area contributed by atoms with E-state index in [1.54, 1.807) is 0 Å². The van der Waals surface area contributed by atoms with Crippen molar-refractivity contribution in [3.05, 3.63) is 34.9 Å². The summed E-state index contributed by atoms with van der Waals surface area (Å²) in [5.74, 6) is -0.107. The van der Waals surface area contributed by atoms with Gasteiger partial charge in [0.05, 0.1) is 0 Å². The van der Waals surface area contributed by atoms with E-state index < -0.39 is 12.0 Å². The first-order chi connectivity index (χ1) is 8.09. The highest BCUT2D eigenvalue weighted by atomic mass is 16.4. The smallest absolute Gasteiger partial charge is 0.325 e. The maximum absolute atomic E-state index is 11.4. The van der Waals surface area contributed by atoms with Crippen molar-refractivity contribution in [1.82, 2.24) is 5.32 Å². The predicted molar refractivity (Wildman–Crippen MR) is 67.0 cm³/mol. The highest BCUT2D eigenvalue weighted by Gasteiger charge is 2.27. The van der Waals surface area contributed by atoms with Crippen LogP contribution in [0, 0.1) is 19.8 Å². The van der Waals surface area contributed by atoms with Crippen LogP contribution in [0.25, 0.3) is 0 Å². The van der Waals surface area contributed by atoms with Gasteiger partial charge in [-0.1, -0.05) is 18.2 Å². The number of benzene rings is 1. The molecule has 2 rings (SSSR count). The minimum atomic E-state index is -0.789. The van der Waals surface area contributed by atoms with E-state index in [-0.39, 0.29) is 0 Å². The molecule has 1 aromatic rings. The number of hydrogen-bond acceptors (Lipinski definition) is 2. The molecule has 0 bridgehead atoms. The minimum absolute atomic E-state index is 0.572. The van der Waals surface area contributed by atoms with Gasteiger partial charge in [0.25, 0.3) is 0 Å². The SMILES string of the molecule is Cc1cccc(C)c1C(NCC1CC1)C(=O)O. The quantitative estimate of drug-likeness (QED) is 0.821. The Balaban J connectivity index is 2.21. The Hall–Kier alpha value is -1.35. The zero-order chi connectivity index (χ0) is 12.4. The van der Waals surface area contributed by atoms with Crippen molar-refractivity contribution in [2.45, 2.75) is 32.7 Å². The first-order valence-corrected chi connectivity index (χ1v) is 6.12.